The second-order valence-electron chi connectivity index (χ2n) is 8.84. The largest absolute Gasteiger partial charge is 0.347 e. The second-order valence-corrected chi connectivity index (χ2v) is 9.68. The lowest BCUT2D eigenvalue weighted by molar-refractivity contribution is 0.151. The molecule has 2 aromatic carbocycles. The number of hydrogen-bond acceptors (Lipinski definition) is 3. The molecular weight excluding hydrogens is 451 g/mol. The Balaban J connectivity index is 1.44. The van der Waals surface area contributed by atoms with Crippen molar-refractivity contribution < 1.29 is 0 Å². The Morgan fingerprint density at radius 3 is 2.45 bits per heavy atom. The molecule has 1 fully saturated rings. The van der Waals surface area contributed by atoms with Crippen molar-refractivity contribution in [3.05, 3.63) is 77.2 Å². The van der Waals surface area contributed by atoms with E-state index in [0.717, 1.165) is 83.4 Å². The Hall–Kier alpha value is -2.37. The van der Waals surface area contributed by atoms with E-state index in [1.807, 2.05) is 42.7 Å². The van der Waals surface area contributed by atoms with Crippen molar-refractivity contribution in [2.75, 3.05) is 39.8 Å². The van der Waals surface area contributed by atoms with Crippen LogP contribution in [0.3, 0.4) is 0 Å². The lowest BCUT2D eigenvalue weighted by Crippen LogP contribution is -2.44. The topological polar surface area (TPSA) is 24.3 Å². The number of aryl methyl sites for hydroxylation is 1. The molecule has 0 spiro atoms. The van der Waals surface area contributed by atoms with Gasteiger partial charge in [0.1, 0.15) is 0 Å². The third-order valence-electron chi connectivity index (χ3n) is 6.53. The summed E-state index contributed by atoms with van der Waals surface area (Å²) in [7, 11) is 2.20. The molecule has 1 aliphatic rings. The summed E-state index contributed by atoms with van der Waals surface area (Å²) in [6, 6.07) is 16.2. The molecule has 4 nitrogen and oxygen atoms in total. The first-order valence-corrected chi connectivity index (χ1v) is 12.2. The van der Waals surface area contributed by atoms with Crippen molar-refractivity contribution in [1.82, 2.24) is 19.4 Å². The van der Waals surface area contributed by atoms with Gasteiger partial charge in [-0.25, -0.2) is 0 Å². The first-order chi connectivity index (χ1) is 16.1. The molecule has 0 aliphatic carbocycles. The zero-order valence-corrected chi connectivity index (χ0v) is 20.4. The lowest BCUT2D eigenvalue weighted by atomic mass is 10.0. The molecule has 0 radical (unpaired) electrons. The number of pyridine rings is 1. The van der Waals surface area contributed by atoms with E-state index in [4.69, 9.17) is 23.2 Å². The van der Waals surface area contributed by atoms with Gasteiger partial charge < -0.3 is 14.4 Å². The highest BCUT2D eigenvalue weighted by Gasteiger charge is 2.16. The smallest absolute Gasteiger partial charge is 0.0506 e. The highest BCUT2D eigenvalue weighted by atomic mass is 35.5. The van der Waals surface area contributed by atoms with E-state index in [9.17, 15) is 0 Å². The minimum atomic E-state index is 0.720. The van der Waals surface area contributed by atoms with Crippen molar-refractivity contribution in [3.8, 4) is 22.3 Å². The Morgan fingerprint density at radius 2 is 1.64 bits per heavy atom. The maximum absolute atomic E-state index is 6.71. The van der Waals surface area contributed by atoms with Crippen LogP contribution in [-0.4, -0.2) is 59.1 Å². The van der Waals surface area contributed by atoms with Crippen molar-refractivity contribution in [2.45, 2.75) is 13.0 Å². The van der Waals surface area contributed by atoms with E-state index in [1.54, 1.807) is 0 Å². The van der Waals surface area contributed by atoms with Crippen LogP contribution in [0.4, 0.5) is 0 Å². The second kappa shape index (κ2) is 9.86. The molecule has 5 rings (SSSR count). The van der Waals surface area contributed by atoms with E-state index in [0.29, 0.717) is 0 Å². The molecule has 0 saturated carbocycles. The van der Waals surface area contributed by atoms with Crippen LogP contribution in [0.1, 0.15) is 6.42 Å². The first kappa shape index (κ1) is 22.4. The van der Waals surface area contributed by atoms with Gasteiger partial charge in [-0.3, -0.25) is 4.98 Å². The van der Waals surface area contributed by atoms with Crippen molar-refractivity contribution >= 4 is 34.1 Å². The van der Waals surface area contributed by atoms with Crippen molar-refractivity contribution in [3.63, 3.8) is 0 Å². The zero-order valence-electron chi connectivity index (χ0n) is 18.8. The standard InChI is InChI=1S/C27H28Cl2N4/c1-31-11-13-32(14-12-31)9-4-10-33-19-24(27-25(29)7-3-8-26(27)33)22-15-21(17-30-18-22)20-5-2-6-23(28)16-20/h2-3,5-8,15-19H,4,9-14H2,1H3. The van der Waals surface area contributed by atoms with E-state index in [-0.39, 0.29) is 0 Å². The number of piperazine rings is 1. The maximum atomic E-state index is 6.71. The van der Waals surface area contributed by atoms with Crippen LogP contribution in [0.15, 0.2) is 67.1 Å². The summed E-state index contributed by atoms with van der Waals surface area (Å²) in [6.07, 6.45) is 7.15. The summed E-state index contributed by atoms with van der Waals surface area (Å²) in [5.41, 5.74) is 5.44. The van der Waals surface area contributed by atoms with Gasteiger partial charge in [-0.2, -0.15) is 0 Å². The summed E-state index contributed by atoms with van der Waals surface area (Å²) in [5, 5.41) is 2.58. The van der Waals surface area contributed by atoms with Gasteiger partial charge in [0.25, 0.3) is 0 Å². The summed E-state index contributed by atoms with van der Waals surface area (Å²) in [4.78, 5) is 9.50. The molecule has 2 aromatic heterocycles. The first-order valence-electron chi connectivity index (χ1n) is 11.5. The molecule has 0 unspecified atom stereocenters. The number of fused-ring (bicyclic) bond motifs is 1. The molecule has 0 amide bonds. The van der Waals surface area contributed by atoms with Crippen LogP contribution in [0.2, 0.25) is 10.0 Å². The molecule has 1 saturated heterocycles. The fraction of sp³-hybridized carbons (Fsp3) is 0.296. The minimum Gasteiger partial charge on any atom is -0.347 e. The average Bonchev–Trinajstić information content (AvgIpc) is 3.20. The van der Waals surface area contributed by atoms with Gasteiger partial charge in [-0.15, -0.1) is 0 Å². The fourth-order valence-electron chi connectivity index (χ4n) is 4.66. The normalized spacial score (nSPS) is 15.4. The summed E-state index contributed by atoms with van der Waals surface area (Å²) in [6.45, 7) is 6.70. The maximum Gasteiger partial charge on any atom is 0.0506 e. The van der Waals surface area contributed by atoms with Crippen LogP contribution in [0.25, 0.3) is 33.2 Å². The summed E-state index contributed by atoms with van der Waals surface area (Å²) < 4.78 is 2.35. The molecule has 1 aliphatic heterocycles. The van der Waals surface area contributed by atoms with E-state index in [2.05, 4.69) is 50.8 Å². The highest BCUT2D eigenvalue weighted by Crippen LogP contribution is 2.37. The molecule has 0 bridgehead atoms. The molecule has 0 atom stereocenters. The number of hydrogen-bond donors (Lipinski definition) is 0. The van der Waals surface area contributed by atoms with Crippen molar-refractivity contribution in [1.29, 1.82) is 0 Å². The van der Waals surface area contributed by atoms with Crippen LogP contribution < -0.4 is 0 Å². The number of benzene rings is 2. The molecule has 0 N–H and O–H groups in total. The van der Waals surface area contributed by atoms with Crippen LogP contribution in [-0.2, 0) is 6.54 Å². The summed E-state index contributed by atoms with van der Waals surface area (Å²) >= 11 is 12.9. The quantitative estimate of drug-likeness (QED) is 0.324. The van der Waals surface area contributed by atoms with Gasteiger partial charge >= 0.3 is 0 Å². The Labute approximate surface area is 205 Å². The average molecular weight is 479 g/mol. The molecule has 33 heavy (non-hydrogen) atoms. The molecular formula is C27H28Cl2N4. The van der Waals surface area contributed by atoms with Crippen LogP contribution in [0.5, 0.6) is 0 Å². The van der Waals surface area contributed by atoms with E-state index in [1.165, 1.54) is 5.52 Å². The molecule has 6 heteroatoms. The van der Waals surface area contributed by atoms with Gasteiger partial charge in [0.2, 0.25) is 0 Å². The van der Waals surface area contributed by atoms with Crippen molar-refractivity contribution in [2.24, 2.45) is 0 Å². The van der Waals surface area contributed by atoms with Gasteiger partial charge in [-0.05, 0) is 55.9 Å². The number of aromatic nitrogens is 2. The van der Waals surface area contributed by atoms with Gasteiger partial charge in [-0.1, -0.05) is 41.4 Å². The van der Waals surface area contributed by atoms with Crippen LogP contribution in [0, 0.1) is 0 Å². The Bertz CT molecular complexity index is 1260. The van der Waals surface area contributed by atoms with E-state index < -0.39 is 0 Å². The molecule has 3 heterocycles. The van der Waals surface area contributed by atoms with E-state index >= 15 is 0 Å². The number of nitrogens with zero attached hydrogens (tertiary/aromatic N) is 4. The number of rotatable bonds is 6. The predicted molar refractivity (Wildman–Crippen MR) is 139 cm³/mol. The number of halogens is 2. The third-order valence-corrected chi connectivity index (χ3v) is 7.08. The summed E-state index contributed by atoms with van der Waals surface area (Å²) in [5.74, 6) is 0. The van der Waals surface area contributed by atoms with Gasteiger partial charge in [0.05, 0.1) is 10.5 Å². The zero-order chi connectivity index (χ0) is 22.8. The Kier molecular flexibility index (Phi) is 6.70. The predicted octanol–water partition coefficient (Wildman–Crippen LogP) is 6.31. The lowest BCUT2D eigenvalue weighted by Gasteiger charge is -2.32. The van der Waals surface area contributed by atoms with Crippen LogP contribution >= 0.6 is 23.2 Å². The Morgan fingerprint density at radius 1 is 0.848 bits per heavy atom. The SMILES string of the molecule is CN1CCN(CCCn2cc(-c3cncc(-c4cccc(Cl)c4)c3)c3c(Cl)cccc32)CC1. The molecule has 4 aromatic rings. The monoisotopic (exact) mass is 478 g/mol. The molecule has 170 valence electrons. The third kappa shape index (κ3) is 4.95. The highest BCUT2D eigenvalue weighted by molar-refractivity contribution is 6.36. The minimum absolute atomic E-state index is 0.720. The number of likely N-dealkylation sites (N-methyl/N-ethyl adjacent to an activating group) is 1. The van der Waals surface area contributed by atoms with Gasteiger partial charge in [0.15, 0.2) is 0 Å². The fourth-order valence-corrected chi connectivity index (χ4v) is 5.12. The van der Waals surface area contributed by atoms with Gasteiger partial charge in [0, 0.05) is 78.4 Å².